The molecule has 0 rings (SSSR count). The van der Waals surface area contributed by atoms with Gasteiger partial charge in [0.2, 0.25) is 0 Å². The lowest BCUT2D eigenvalue weighted by molar-refractivity contribution is -0.139. The van der Waals surface area contributed by atoms with Crippen LogP contribution < -0.4 is 5.73 Å². The van der Waals surface area contributed by atoms with Crippen LogP contribution >= 0.6 is 0 Å². The minimum Gasteiger partial charge on any atom is -0.480 e. The molecule has 0 bridgehead atoms. The zero-order chi connectivity index (χ0) is 6.57. The monoisotopic (exact) mass is 115 g/mol. The third kappa shape index (κ3) is 2.60. The van der Waals surface area contributed by atoms with Crippen molar-refractivity contribution in [3.05, 3.63) is 0 Å². The summed E-state index contributed by atoms with van der Waals surface area (Å²) in [5.74, 6) is -1.12. The van der Waals surface area contributed by atoms with Gasteiger partial charge in [0.25, 0.3) is 8.05 Å². The summed E-state index contributed by atoms with van der Waals surface area (Å²) in [5.41, 5.74) is 4.92. The van der Waals surface area contributed by atoms with E-state index in [4.69, 9.17) is 10.8 Å². The predicted molar refractivity (Wildman–Crippen MR) is 27.3 cm³/mol. The molecule has 0 saturated heterocycles. The number of hydrogen-bond donors (Lipinski definition) is 2. The van der Waals surface area contributed by atoms with Gasteiger partial charge in [-0.1, -0.05) is 0 Å². The second-order valence-electron chi connectivity index (χ2n) is 1.28. The van der Waals surface area contributed by atoms with Crippen molar-refractivity contribution in [1.29, 1.82) is 0 Å². The Kier molecular flexibility index (Phi) is 3.22. The molecule has 0 aromatic carbocycles. The molecule has 5 heteroatoms. The zero-order valence-electron chi connectivity index (χ0n) is 4.20. The molecule has 0 fully saturated rings. The van der Waals surface area contributed by atoms with Gasteiger partial charge in [-0.25, -0.2) is 0 Å². The second kappa shape index (κ2) is 3.46. The maximum atomic E-state index is 9.83. The highest BCUT2D eigenvalue weighted by Crippen LogP contribution is 1.76. The van der Waals surface area contributed by atoms with E-state index in [1.165, 1.54) is 0 Å². The molecule has 0 heterocycles. The number of aliphatic carboxylic acids is 1. The highest BCUT2D eigenvalue weighted by molar-refractivity contribution is 5.98. The van der Waals surface area contributed by atoms with E-state index in [0.717, 1.165) is 0 Å². The van der Waals surface area contributed by atoms with E-state index >= 15 is 0 Å². The normalized spacial score (nSPS) is 13.1. The first-order valence-electron chi connectivity index (χ1n) is 1.98. The van der Waals surface area contributed by atoms with Crippen LogP contribution in [0.3, 0.4) is 0 Å². The lowest BCUT2D eigenvalue weighted by Crippen LogP contribution is -2.34. The standard InChI is InChI=1S/C3H6BNO3/c4-8-1-2(5)3(6)7/h2H,1,5H2,(H,6,7)/t2-/m0/s1. The Morgan fingerprint density at radius 1 is 2.00 bits per heavy atom. The third-order valence-corrected chi connectivity index (χ3v) is 0.593. The fraction of sp³-hybridized carbons (Fsp3) is 0.667. The predicted octanol–water partition coefficient (Wildman–Crippen LogP) is -1.50. The van der Waals surface area contributed by atoms with Gasteiger partial charge in [0.05, 0.1) is 6.61 Å². The summed E-state index contributed by atoms with van der Waals surface area (Å²) < 4.78 is 3.96. The molecule has 0 aromatic heterocycles. The average molecular weight is 115 g/mol. The van der Waals surface area contributed by atoms with Gasteiger partial charge in [0, 0.05) is 0 Å². The molecule has 44 valence electrons. The summed E-state index contributed by atoms with van der Waals surface area (Å²) in [6.45, 7) is -0.157. The van der Waals surface area contributed by atoms with Crippen LogP contribution in [0.2, 0.25) is 0 Å². The molecule has 0 amide bonds. The Bertz CT molecular complexity index is 86.6. The Hall–Kier alpha value is -0.545. The van der Waals surface area contributed by atoms with Crippen LogP contribution in [0.25, 0.3) is 0 Å². The maximum absolute atomic E-state index is 9.83. The summed E-state index contributed by atoms with van der Waals surface area (Å²) in [6, 6.07) is -1.01. The molecular formula is C3H6BNO3. The van der Waals surface area contributed by atoms with Crippen LogP contribution in [0.5, 0.6) is 0 Å². The summed E-state index contributed by atoms with van der Waals surface area (Å²) in [5, 5.41) is 8.05. The third-order valence-electron chi connectivity index (χ3n) is 0.593. The van der Waals surface area contributed by atoms with E-state index < -0.39 is 12.0 Å². The van der Waals surface area contributed by atoms with Crippen LogP contribution in [0.4, 0.5) is 0 Å². The fourth-order valence-corrected chi connectivity index (χ4v) is 0.175. The van der Waals surface area contributed by atoms with E-state index in [0.29, 0.717) is 0 Å². The van der Waals surface area contributed by atoms with E-state index in [9.17, 15) is 4.79 Å². The molecule has 0 spiro atoms. The van der Waals surface area contributed by atoms with Crippen molar-refractivity contribution in [3.63, 3.8) is 0 Å². The number of carboxylic acid groups (broad SMARTS) is 1. The van der Waals surface area contributed by atoms with Crippen molar-refractivity contribution >= 4 is 14.0 Å². The molecule has 0 aromatic rings. The van der Waals surface area contributed by atoms with Crippen LogP contribution in [-0.4, -0.2) is 31.8 Å². The van der Waals surface area contributed by atoms with Crippen molar-refractivity contribution < 1.29 is 14.6 Å². The lowest BCUT2D eigenvalue weighted by atomic mass is 10.3. The van der Waals surface area contributed by atoms with Gasteiger partial charge < -0.3 is 15.5 Å². The fourth-order valence-electron chi connectivity index (χ4n) is 0.175. The van der Waals surface area contributed by atoms with Crippen molar-refractivity contribution in [2.45, 2.75) is 6.04 Å². The topological polar surface area (TPSA) is 72.5 Å². The number of rotatable bonds is 3. The van der Waals surface area contributed by atoms with Crippen LogP contribution in [0.1, 0.15) is 0 Å². The van der Waals surface area contributed by atoms with E-state index in [1.54, 1.807) is 0 Å². The Morgan fingerprint density at radius 3 is 2.62 bits per heavy atom. The summed E-state index contributed by atoms with van der Waals surface area (Å²) in [7, 11) is 4.52. The largest absolute Gasteiger partial charge is 0.480 e. The average Bonchev–Trinajstić information content (AvgIpc) is 1.67. The zero-order valence-corrected chi connectivity index (χ0v) is 4.20. The number of nitrogens with two attached hydrogens (primary N) is 1. The molecule has 8 heavy (non-hydrogen) atoms. The Morgan fingerprint density at radius 2 is 2.50 bits per heavy atom. The minimum atomic E-state index is -1.12. The van der Waals surface area contributed by atoms with Gasteiger partial charge in [0.15, 0.2) is 0 Å². The molecule has 0 aliphatic rings. The van der Waals surface area contributed by atoms with Crippen molar-refractivity contribution in [2.24, 2.45) is 5.73 Å². The van der Waals surface area contributed by atoms with Gasteiger partial charge in [-0.15, -0.1) is 0 Å². The first-order chi connectivity index (χ1) is 3.68. The van der Waals surface area contributed by atoms with Gasteiger partial charge in [0.1, 0.15) is 6.04 Å². The Balaban J connectivity index is 3.32. The van der Waals surface area contributed by atoms with E-state index in [1.807, 2.05) is 0 Å². The summed E-state index contributed by atoms with van der Waals surface area (Å²) in [4.78, 5) is 9.83. The maximum Gasteiger partial charge on any atom is 0.322 e. The molecular weight excluding hydrogens is 109 g/mol. The molecule has 0 aliphatic carbocycles. The van der Waals surface area contributed by atoms with Crippen LogP contribution in [0, 0.1) is 0 Å². The van der Waals surface area contributed by atoms with Gasteiger partial charge in [-0.2, -0.15) is 0 Å². The quantitative estimate of drug-likeness (QED) is 0.439. The molecule has 4 nitrogen and oxygen atoms in total. The number of hydrogen-bond acceptors (Lipinski definition) is 3. The smallest absolute Gasteiger partial charge is 0.322 e. The number of carboxylic acids is 1. The SMILES string of the molecule is [B]OC[C@H](N)C(=O)O. The lowest BCUT2D eigenvalue weighted by Gasteiger charge is -2.02. The molecule has 1 atom stereocenters. The van der Waals surface area contributed by atoms with Crippen molar-refractivity contribution in [3.8, 4) is 0 Å². The minimum absolute atomic E-state index is 0.157. The highest BCUT2D eigenvalue weighted by atomic mass is 16.4. The van der Waals surface area contributed by atoms with Crippen molar-refractivity contribution in [2.75, 3.05) is 6.61 Å². The Labute approximate surface area is 48.1 Å². The molecule has 0 aliphatic heterocycles. The van der Waals surface area contributed by atoms with Gasteiger partial charge >= 0.3 is 5.97 Å². The van der Waals surface area contributed by atoms with Crippen LogP contribution in [0.15, 0.2) is 0 Å². The summed E-state index contributed by atoms with van der Waals surface area (Å²) >= 11 is 0. The van der Waals surface area contributed by atoms with Crippen LogP contribution in [-0.2, 0) is 9.45 Å². The number of carbonyl (C=O) groups is 1. The summed E-state index contributed by atoms with van der Waals surface area (Å²) in [6.07, 6.45) is 0. The van der Waals surface area contributed by atoms with E-state index in [-0.39, 0.29) is 6.61 Å². The van der Waals surface area contributed by atoms with Gasteiger partial charge in [-0.05, 0) is 0 Å². The van der Waals surface area contributed by atoms with E-state index in [2.05, 4.69) is 12.7 Å². The molecule has 2 radical (unpaired) electrons. The molecule has 0 unspecified atom stereocenters. The highest BCUT2D eigenvalue weighted by Gasteiger charge is 2.08. The second-order valence-corrected chi connectivity index (χ2v) is 1.28. The first-order valence-corrected chi connectivity index (χ1v) is 1.98. The van der Waals surface area contributed by atoms with Gasteiger partial charge in [-0.3, -0.25) is 4.79 Å². The molecule has 0 saturated carbocycles. The van der Waals surface area contributed by atoms with Crippen molar-refractivity contribution in [1.82, 2.24) is 0 Å². The first kappa shape index (κ1) is 7.45. The molecule has 3 N–H and O–H groups in total.